The molecule has 3 rings (SSSR count). The molecule has 0 aliphatic heterocycles. The molecule has 0 amide bonds. The zero-order chi connectivity index (χ0) is 23.4. The third kappa shape index (κ3) is 14.3. The number of nitrogens with one attached hydrogen (secondary N) is 2. The number of anilines is 1. The van der Waals surface area contributed by atoms with Gasteiger partial charge in [0.25, 0.3) is 0 Å². The topological polar surface area (TPSA) is 41.1 Å². The van der Waals surface area contributed by atoms with Crippen LogP contribution >= 0.6 is 0 Å². The Balaban J connectivity index is 0. The lowest BCUT2D eigenvalue weighted by atomic mass is 10.1. The molecule has 2 aliphatic carbocycles. The van der Waals surface area contributed by atoms with E-state index in [4.69, 9.17) is 4.79 Å². The van der Waals surface area contributed by atoms with Crippen molar-refractivity contribution in [1.29, 1.82) is 0 Å². The molecule has 0 radical (unpaired) electrons. The maximum absolute atomic E-state index is 13.2. The highest BCUT2D eigenvalue weighted by Gasteiger charge is 2.39. The Labute approximate surface area is 185 Å². The molecule has 30 heavy (non-hydrogen) atoms. The molecule has 174 valence electrons. The van der Waals surface area contributed by atoms with Crippen LogP contribution in [0.3, 0.4) is 0 Å². The average molecular weight is 423 g/mol. The second-order valence-corrected chi connectivity index (χ2v) is 7.65. The second kappa shape index (κ2) is 19.3. The zero-order valence-electron chi connectivity index (χ0n) is 20.3. The van der Waals surface area contributed by atoms with E-state index >= 15 is 0 Å². The van der Waals surface area contributed by atoms with Crippen molar-refractivity contribution in [2.45, 2.75) is 91.0 Å². The first-order chi connectivity index (χ1) is 14.6. The Morgan fingerprint density at radius 2 is 1.70 bits per heavy atom. The number of halogens is 1. The molecule has 4 heteroatoms. The summed E-state index contributed by atoms with van der Waals surface area (Å²) in [6, 6.07) is 5.17. The molecule has 3 nitrogen and oxygen atoms in total. The van der Waals surface area contributed by atoms with Crippen molar-refractivity contribution in [1.82, 2.24) is 5.32 Å². The molecule has 0 unspecified atom stereocenters. The third-order valence-corrected chi connectivity index (χ3v) is 5.29. The van der Waals surface area contributed by atoms with E-state index in [-0.39, 0.29) is 5.82 Å². The van der Waals surface area contributed by atoms with Gasteiger partial charge in [-0.3, -0.25) is 0 Å². The summed E-state index contributed by atoms with van der Waals surface area (Å²) in [5, 5.41) is 6.57. The lowest BCUT2D eigenvalue weighted by Crippen LogP contribution is -2.26. The van der Waals surface area contributed by atoms with Crippen LogP contribution < -0.4 is 10.6 Å². The van der Waals surface area contributed by atoms with E-state index < -0.39 is 0 Å². The summed E-state index contributed by atoms with van der Waals surface area (Å²) >= 11 is 0. The molecule has 2 aliphatic rings. The van der Waals surface area contributed by atoms with Crippen LogP contribution in [0.5, 0.6) is 0 Å². The van der Waals surface area contributed by atoms with E-state index in [9.17, 15) is 4.39 Å². The minimum absolute atomic E-state index is 0.147. The number of hydrogen-bond donors (Lipinski definition) is 2. The highest BCUT2D eigenvalue weighted by atomic mass is 19.1. The number of carbonyl (C=O) groups is 1. The van der Waals surface area contributed by atoms with Gasteiger partial charge in [0.1, 0.15) is 12.6 Å². The Bertz CT molecular complexity index is 526. The van der Waals surface area contributed by atoms with Gasteiger partial charge in [-0.1, -0.05) is 52.5 Å². The van der Waals surface area contributed by atoms with Crippen molar-refractivity contribution >= 4 is 12.5 Å². The molecule has 0 spiro atoms. The van der Waals surface area contributed by atoms with E-state index in [0.29, 0.717) is 11.2 Å². The Hall–Kier alpha value is -1.68. The van der Waals surface area contributed by atoms with E-state index in [1.54, 1.807) is 6.07 Å². The van der Waals surface area contributed by atoms with Crippen molar-refractivity contribution in [3.05, 3.63) is 42.7 Å². The van der Waals surface area contributed by atoms with Crippen LogP contribution in [0.2, 0.25) is 0 Å². The fourth-order valence-corrected chi connectivity index (χ4v) is 3.02. The fourth-order valence-electron chi connectivity index (χ4n) is 3.02. The minimum atomic E-state index is -0.147. The minimum Gasteiger partial charge on any atom is -0.382 e. The maximum Gasteiger partial charge on any atom is 0.146 e. The van der Waals surface area contributed by atoms with Crippen LogP contribution in [0.4, 0.5) is 10.1 Å². The average Bonchev–Trinajstić information content (AvgIpc) is 3.73. The summed E-state index contributed by atoms with van der Waals surface area (Å²) in [5.41, 5.74) is 2.33. The van der Waals surface area contributed by atoms with Gasteiger partial charge in [-0.25, -0.2) is 4.39 Å². The van der Waals surface area contributed by atoms with Gasteiger partial charge in [-0.05, 0) is 69.7 Å². The van der Waals surface area contributed by atoms with Crippen molar-refractivity contribution in [2.24, 2.45) is 5.92 Å². The van der Waals surface area contributed by atoms with Gasteiger partial charge in [0.15, 0.2) is 0 Å². The molecule has 0 aromatic heterocycles. The SMILES string of the molecule is C=C.C=O.CC.CCCCCCC1(NC)CC1.Cc1ccc(F)c(NCC2CC2)c1. The predicted molar refractivity (Wildman–Crippen MR) is 132 cm³/mol. The normalized spacial score (nSPS) is 14.7. The molecule has 0 bridgehead atoms. The van der Waals surface area contributed by atoms with Crippen molar-refractivity contribution in [3.63, 3.8) is 0 Å². The second-order valence-electron chi connectivity index (χ2n) is 7.65. The summed E-state index contributed by atoms with van der Waals surface area (Å²) < 4.78 is 13.2. The quantitative estimate of drug-likeness (QED) is 0.324. The first-order valence-corrected chi connectivity index (χ1v) is 11.6. The molecule has 0 atom stereocenters. The van der Waals surface area contributed by atoms with E-state index in [1.807, 2.05) is 33.6 Å². The van der Waals surface area contributed by atoms with Gasteiger partial charge in [-0.15, -0.1) is 13.2 Å². The summed E-state index contributed by atoms with van der Waals surface area (Å²) in [5.74, 6) is 0.631. The maximum atomic E-state index is 13.2. The molecule has 0 saturated heterocycles. The van der Waals surface area contributed by atoms with Crippen molar-refractivity contribution < 1.29 is 9.18 Å². The Kier molecular flexibility index (Phi) is 19.6. The van der Waals surface area contributed by atoms with Crippen molar-refractivity contribution in [2.75, 3.05) is 18.9 Å². The number of hydrogen-bond acceptors (Lipinski definition) is 3. The highest BCUT2D eigenvalue weighted by molar-refractivity contribution is 5.47. The molecule has 2 N–H and O–H groups in total. The van der Waals surface area contributed by atoms with Gasteiger partial charge in [0.05, 0.1) is 5.69 Å². The number of rotatable bonds is 9. The molecular weight excluding hydrogens is 375 g/mol. The largest absolute Gasteiger partial charge is 0.382 e. The fraction of sp³-hybridized carbons (Fsp3) is 0.654. The van der Waals surface area contributed by atoms with E-state index in [1.165, 1.54) is 63.9 Å². The molecule has 0 heterocycles. The summed E-state index contributed by atoms with van der Waals surface area (Å²) in [7, 11) is 2.10. The van der Waals surface area contributed by atoms with Crippen LogP contribution in [-0.4, -0.2) is 25.9 Å². The smallest absolute Gasteiger partial charge is 0.146 e. The Morgan fingerprint density at radius 3 is 2.17 bits per heavy atom. The van der Waals surface area contributed by atoms with Crippen LogP contribution in [0, 0.1) is 18.7 Å². The number of benzene rings is 1. The van der Waals surface area contributed by atoms with Gasteiger partial charge in [0, 0.05) is 12.1 Å². The highest BCUT2D eigenvalue weighted by Crippen LogP contribution is 2.39. The van der Waals surface area contributed by atoms with Gasteiger partial charge in [0.2, 0.25) is 0 Å². The van der Waals surface area contributed by atoms with Crippen LogP contribution in [0.15, 0.2) is 31.4 Å². The number of aryl methyl sites for hydroxylation is 1. The lowest BCUT2D eigenvalue weighted by Gasteiger charge is -2.12. The first-order valence-electron chi connectivity index (χ1n) is 11.6. The standard InChI is InChI=1S/C11H14FN.C10H21N.C2H6.C2H4.CH2O/c1-8-2-5-10(12)11(6-8)13-7-9-3-4-9;1-3-4-5-6-7-10(11-2)8-9-10;3*1-2/h2,5-6,9,13H,3-4,7H2,1H3;11H,3-9H2,1-2H3;1-2H3;1-2H2;1H2. The van der Waals surface area contributed by atoms with E-state index in [0.717, 1.165) is 18.0 Å². The predicted octanol–water partition coefficient (Wildman–Crippen LogP) is 7.31. The molecular formula is C26H47FN2O. The van der Waals surface area contributed by atoms with E-state index in [2.05, 4.69) is 37.8 Å². The number of carbonyl (C=O) groups excluding carboxylic acids is 1. The summed E-state index contributed by atoms with van der Waals surface area (Å²) in [6.07, 6.45) is 12.4. The molecule has 2 fully saturated rings. The van der Waals surface area contributed by atoms with Crippen LogP contribution in [0.1, 0.15) is 84.1 Å². The number of unbranched alkanes of at least 4 members (excludes halogenated alkanes) is 3. The van der Waals surface area contributed by atoms with Crippen molar-refractivity contribution in [3.8, 4) is 0 Å². The zero-order valence-corrected chi connectivity index (χ0v) is 20.3. The Morgan fingerprint density at radius 1 is 1.10 bits per heavy atom. The monoisotopic (exact) mass is 422 g/mol. The van der Waals surface area contributed by atoms with Gasteiger partial charge < -0.3 is 15.4 Å². The third-order valence-electron chi connectivity index (χ3n) is 5.29. The molecule has 2 saturated carbocycles. The summed E-state index contributed by atoms with van der Waals surface area (Å²) in [6.45, 7) is 17.2. The summed E-state index contributed by atoms with van der Waals surface area (Å²) in [4.78, 5) is 8.00. The van der Waals surface area contributed by atoms with Crippen LogP contribution in [-0.2, 0) is 4.79 Å². The molecule has 1 aromatic carbocycles. The van der Waals surface area contributed by atoms with Crippen LogP contribution in [0.25, 0.3) is 0 Å². The first kappa shape index (κ1) is 30.5. The lowest BCUT2D eigenvalue weighted by molar-refractivity contribution is -0.0979. The van der Waals surface area contributed by atoms with Gasteiger partial charge in [-0.2, -0.15) is 0 Å². The van der Waals surface area contributed by atoms with Gasteiger partial charge >= 0.3 is 0 Å². The molecule has 1 aromatic rings.